The Morgan fingerprint density at radius 1 is 0.809 bits per heavy atom. The van der Waals surface area contributed by atoms with Gasteiger partial charge in [0.25, 0.3) is 11.8 Å². The standard InChI is InChI=1S/C39H40N2O6/c1-45-25-32-11-6-18-40(32)23-33-21-36(28-16-14-26(24-42)15-17-28)47-39(46-33)31-10-5-9-30(20-31)29-8-4-7-27(19-29)22-41-37(43)34-12-2-3-13-35(34)38(41)44/h2-5,7-10,12-17,19-20,32-33,36,39,42H,6,11,18,21-25H2,1H3/t32-,33-,36+,39+/m0/s1. The quantitative estimate of drug-likeness (QED) is 0.205. The highest BCUT2D eigenvalue weighted by Gasteiger charge is 2.36. The van der Waals surface area contributed by atoms with E-state index < -0.39 is 6.29 Å². The molecule has 4 aromatic carbocycles. The number of nitrogens with zero attached hydrogens (tertiary/aromatic N) is 2. The zero-order valence-electron chi connectivity index (χ0n) is 26.6. The van der Waals surface area contributed by atoms with Crippen LogP contribution in [0.25, 0.3) is 11.1 Å². The molecule has 7 rings (SSSR count). The predicted octanol–water partition coefficient (Wildman–Crippen LogP) is 6.30. The molecule has 2 amide bonds. The number of fused-ring (bicyclic) bond motifs is 1. The lowest BCUT2D eigenvalue weighted by Crippen LogP contribution is -2.42. The van der Waals surface area contributed by atoms with Crippen molar-refractivity contribution in [3.8, 4) is 11.1 Å². The average molecular weight is 633 g/mol. The van der Waals surface area contributed by atoms with Crippen molar-refractivity contribution in [2.75, 3.05) is 26.8 Å². The van der Waals surface area contributed by atoms with Crippen LogP contribution in [0.1, 0.15) is 74.6 Å². The molecule has 3 aliphatic heterocycles. The highest BCUT2D eigenvalue weighted by molar-refractivity contribution is 6.21. The Morgan fingerprint density at radius 2 is 1.53 bits per heavy atom. The van der Waals surface area contributed by atoms with E-state index in [2.05, 4.69) is 17.0 Å². The molecule has 2 saturated heterocycles. The third-order valence-electron chi connectivity index (χ3n) is 9.55. The fourth-order valence-electron chi connectivity index (χ4n) is 7.09. The molecular formula is C39H40N2O6. The molecule has 4 aromatic rings. The lowest BCUT2D eigenvalue weighted by Gasteiger charge is -2.39. The summed E-state index contributed by atoms with van der Waals surface area (Å²) in [4.78, 5) is 29.8. The van der Waals surface area contributed by atoms with Gasteiger partial charge in [0.05, 0.1) is 43.1 Å². The molecule has 1 N–H and O–H groups in total. The van der Waals surface area contributed by atoms with Crippen LogP contribution < -0.4 is 0 Å². The third-order valence-corrected chi connectivity index (χ3v) is 9.55. The van der Waals surface area contributed by atoms with Crippen LogP contribution in [0.4, 0.5) is 0 Å². The highest BCUT2D eigenvalue weighted by atomic mass is 16.7. The van der Waals surface area contributed by atoms with E-state index in [9.17, 15) is 14.7 Å². The first kappa shape index (κ1) is 31.4. The number of aliphatic hydroxyl groups excluding tert-OH is 1. The molecule has 47 heavy (non-hydrogen) atoms. The van der Waals surface area contributed by atoms with Crippen LogP contribution in [0.2, 0.25) is 0 Å². The number of rotatable bonds is 10. The number of carbonyl (C=O) groups excluding carboxylic acids is 2. The second kappa shape index (κ2) is 13.9. The molecule has 0 spiro atoms. The van der Waals surface area contributed by atoms with Crippen LogP contribution in [-0.4, -0.2) is 65.7 Å². The Morgan fingerprint density at radius 3 is 2.26 bits per heavy atom. The summed E-state index contributed by atoms with van der Waals surface area (Å²) in [6.07, 6.45) is 2.23. The molecule has 0 radical (unpaired) electrons. The van der Waals surface area contributed by atoms with Crippen molar-refractivity contribution >= 4 is 11.8 Å². The van der Waals surface area contributed by atoms with E-state index in [0.29, 0.717) is 23.8 Å². The molecule has 4 atom stereocenters. The lowest BCUT2D eigenvalue weighted by atomic mass is 9.98. The van der Waals surface area contributed by atoms with E-state index in [1.54, 1.807) is 31.4 Å². The molecule has 8 nitrogen and oxygen atoms in total. The molecule has 3 heterocycles. The number of ether oxygens (including phenoxy) is 3. The Bertz CT molecular complexity index is 1700. The maximum atomic E-state index is 13.0. The number of benzene rings is 4. The summed E-state index contributed by atoms with van der Waals surface area (Å²) in [7, 11) is 1.76. The number of hydrogen-bond donors (Lipinski definition) is 1. The zero-order chi connectivity index (χ0) is 32.3. The highest BCUT2D eigenvalue weighted by Crippen LogP contribution is 2.39. The summed E-state index contributed by atoms with van der Waals surface area (Å²) in [6.45, 7) is 2.75. The molecule has 0 saturated carbocycles. The van der Waals surface area contributed by atoms with E-state index in [1.807, 2.05) is 60.7 Å². The summed E-state index contributed by atoms with van der Waals surface area (Å²) >= 11 is 0. The minimum atomic E-state index is -0.568. The maximum Gasteiger partial charge on any atom is 0.261 e. The first-order chi connectivity index (χ1) is 23.0. The van der Waals surface area contributed by atoms with Crippen molar-refractivity contribution in [2.24, 2.45) is 0 Å². The van der Waals surface area contributed by atoms with Crippen molar-refractivity contribution in [2.45, 2.75) is 57.0 Å². The van der Waals surface area contributed by atoms with Crippen molar-refractivity contribution in [1.82, 2.24) is 9.80 Å². The summed E-state index contributed by atoms with van der Waals surface area (Å²) in [5, 5.41) is 9.57. The van der Waals surface area contributed by atoms with Crippen LogP contribution >= 0.6 is 0 Å². The summed E-state index contributed by atoms with van der Waals surface area (Å²) in [5.41, 5.74) is 6.59. The molecule has 242 valence electrons. The van der Waals surface area contributed by atoms with Gasteiger partial charge in [-0.15, -0.1) is 0 Å². The number of aliphatic hydroxyl groups is 1. The smallest absolute Gasteiger partial charge is 0.261 e. The minimum Gasteiger partial charge on any atom is -0.392 e. The van der Waals surface area contributed by atoms with Crippen LogP contribution in [0.3, 0.4) is 0 Å². The second-order valence-corrected chi connectivity index (χ2v) is 12.7. The average Bonchev–Trinajstić information content (AvgIpc) is 3.65. The second-order valence-electron chi connectivity index (χ2n) is 12.7. The summed E-state index contributed by atoms with van der Waals surface area (Å²) in [5.74, 6) is -0.524. The van der Waals surface area contributed by atoms with Gasteiger partial charge in [-0.25, -0.2) is 0 Å². The first-order valence-corrected chi connectivity index (χ1v) is 16.4. The monoisotopic (exact) mass is 632 g/mol. The maximum absolute atomic E-state index is 13.0. The van der Waals surface area contributed by atoms with Gasteiger partial charge >= 0.3 is 0 Å². The van der Waals surface area contributed by atoms with Gasteiger partial charge in [0.15, 0.2) is 6.29 Å². The van der Waals surface area contributed by atoms with Crippen molar-refractivity contribution in [3.63, 3.8) is 0 Å². The Labute approximate surface area is 275 Å². The van der Waals surface area contributed by atoms with E-state index in [4.69, 9.17) is 14.2 Å². The van der Waals surface area contributed by atoms with Crippen molar-refractivity contribution in [3.05, 3.63) is 130 Å². The molecule has 0 bridgehead atoms. The molecule has 0 unspecified atom stereocenters. The van der Waals surface area contributed by atoms with Crippen LogP contribution in [0.5, 0.6) is 0 Å². The van der Waals surface area contributed by atoms with Gasteiger partial charge in [0.2, 0.25) is 0 Å². The third kappa shape index (κ3) is 6.66. The molecule has 3 aliphatic rings. The number of amides is 2. The largest absolute Gasteiger partial charge is 0.392 e. The van der Waals surface area contributed by atoms with E-state index in [1.165, 1.54) is 4.90 Å². The van der Waals surface area contributed by atoms with E-state index >= 15 is 0 Å². The minimum absolute atomic E-state index is 0.00228. The topological polar surface area (TPSA) is 88.5 Å². The molecule has 0 aliphatic carbocycles. The predicted molar refractivity (Wildman–Crippen MR) is 177 cm³/mol. The van der Waals surface area contributed by atoms with Gasteiger partial charge in [0.1, 0.15) is 0 Å². The number of hydrogen-bond acceptors (Lipinski definition) is 7. The van der Waals surface area contributed by atoms with Crippen molar-refractivity contribution < 1.29 is 28.9 Å². The molecular weight excluding hydrogens is 592 g/mol. The number of carbonyl (C=O) groups is 2. The zero-order valence-corrected chi connectivity index (χ0v) is 26.6. The lowest BCUT2D eigenvalue weighted by molar-refractivity contribution is -0.253. The van der Waals surface area contributed by atoms with Gasteiger partial charge < -0.3 is 19.3 Å². The van der Waals surface area contributed by atoms with E-state index in [0.717, 1.165) is 65.7 Å². The van der Waals surface area contributed by atoms with Gasteiger partial charge in [-0.2, -0.15) is 0 Å². The fraction of sp³-hybridized carbons (Fsp3) is 0.333. The molecule has 0 aromatic heterocycles. The van der Waals surface area contributed by atoms with Gasteiger partial charge in [0, 0.05) is 31.7 Å². The Hall–Kier alpha value is -4.18. The number of methoxy groups -OCH3 is 1. The van der Waals surface area contributed by atoms with Gasteiger partial charge in [-0.3, -0.25) is 19.4 Å². The molecule has 2 fully saturated rings. The van der Waals surface area contributed by atoms with Crippen LogP contribution in [0, 0.1) is 0 Å². The molecule has 8 heteroatoms. The normalized spacial score (nSPS) is 23.0. The SMILES string of the molecule is COC[C@@H]1CCCN1C[C@@H]1C[C@H](c2ccc(CO)cc2)O[C@H](c2cccc(-c3cccc(CN4C(=O)c5ccccc5C4=O)c3)c2)O1. The van der Waals surface area contributed by atoms with Gasteiger partial charge in [-0.05, 0) is 71.5 Å². The van der Waals surface area contributed by atoms with Crippen LogP contribution in [0.15, 0.2) is 97.1 Å². The Kier molecular flexibility index (Phi) is 9.29. The summed E-state index contributed by atoms with van der Waals surface area (Å²) in [6, 6.07) is 31.5. The Balaban J connectivity index is 1.12. The number of imide groups is 1. The summed E-state index contributed by atoms with van der Waals surface area (Å²) < 4.78 is 18.8. The van der Waals surface area contributed by atoms with Crippen molar-refractivity contribution in [1.29, 1.82) is 0 Å². The van der Waals surface area contributed by atoms with Crippen LogP contribution in [-0.2, 0) is 27.4 Å². The number of likely N-dealkylation sites (tertiary alicyclic amines) is 1. The first-order valence-electron chi connectivity index (χ1n) is 16.4. The fourth-order valence-corrected chi connectivity index (χ4v) is 7.09. The van der Waals surface area contributed by atoms with Gasteiger partial charge in [-0.1, -0.05) is 72.8 Å². The van der Waals surface area contributed by atoms with E-state index in [-0.39, 0.29) is 37.2 Å².